The smallest absolute Gasteiger partial charge is 0.203 e. The lowest BCUT2D eigenvalue weighted by Gasteiger charge is -2.04. The number of rotatable bonds is 5. The summed E-state index contributed by atoms with van der Waals surface area (Å²) in [5, 5.41) is 7.13. The quantitative estimate of drug-likeness (QED) is 0.531. The van der Waals surface area contributed by atoms with E-state index in [0.29, 0.717) is 0 Å². The van der Waals surface area contributed by atoms with E-state index >= 15 is 0 Å². The number of hydrogen-bond acceptors (Lipinski definition) is 4. The lowest BCUT2D eigenvalue weighted by atomic mass is 10.0. The molecular weight excluding hydrogens is 290 g/mol. The average molecular weight is 307 g/mol. The van der Waals surface area contributed by atoms with Crippen LogP contribution in [0.4, 0.5) is 5.13 Å². The molecule has 110 valence electrons. The zero-order chi connectivity index (χ0) is 15.2. The molecule has 22 heavy (non-hydrogen) atoms. The summed E-state index contributed by atoms with van der Waals surface area (Å²) >= 11 is 1.56. The van der Waals surface area contributed by atoms with Crippen LogP contribution in [0.25, 0.3) is 11.3 Å². The Morgan fingerprint density at radius 1 is 1.05 bits per heavy atom. The zero-order valence-corrected chi connectivity index (χ0v) is 13.1. The maximum Gasteiger partial charge on any atom is 0.203 e. The van der Waals surface area contributed by atoms with E-state index in [9.17, 15) is 0 Å². The molecule has 0 amide bonds. The van der Waals surface area contributed by atoms with Gasteiger partial charge in [0.1, 0.15) is 0 Å². The highest BCUT2D eigenvalue weighted by Crippen LogP contribution is 2.24. The summed E-state index contributed by atoms with van der Waals surface area (Å²) in [5.41, 5.74) is 6.35. The fourth-order valence-electron chi connectivity index (χ4n) is 2.11. The highest BCUT2D eigenvalue weighted by atomic mass is 32.1. The predicted octanol–water partition coefficient (Wildman–Crippen LogP) is 5.01. The van der Waals surface area contributed by atoms with Gasteiger partial charge in [0.2, 0.25) is 5.13 Å². The van der Waals surface area contributed by atoms with Crippen molar-refractivity contribution >= 4 is 22.7 Å². The van der Waals surface area contributed by atoms with Crippen LogP contribution in [0.15, 0.2) is 71.1 Å². The van der Waals surface area contributed by atoms with Crippen LogP contribution < -0.4 is 5.43 Å². The monoisotopic (exact) mass is 307 g/mol. The molecule has 1 aromatic heterocycles. The molecule has 0 radical (unpaired) electrons. The highest BCUT2D eigenvalue weighted by Gasteiger charge is 2.04. The summed E-state index contributed by atoms with van der Waals surface area (Å²) < 4.78 is 0. The molecule has 0 aliphatic rings. The second-order valence-electron chi connectivity index (χ2n) is 4.99. The van der Waals surface area contributed by atoms with Crippen molar-refractivity contribution in [2.24, 2.45) is 5.10 Å². The fraction of sp³-hybridized carbons (Fsp3) is 0.111. The van der Waals surface area contributed by atoms with Gasteiger partial charge >= 0.3 is 0 Å². The number of nitrogens with zero attached hydrogens (tertiary/aromatic N) is 2. The van der Waals surface area contributed by atoms with Gasteiger partial charge in [0, 0.05) is 23.1 Å². The number of benzene rings is 2. The van der Waals surface area contributed by atoms with E-state index in [1.807, 2.05) is 48.0 Å². The van der Waals surface area contributed by atoms with Crippen LogP contribution in [0.5, 0.6) is 0 Å². The number of hydrazone groups is 1. The molecule has 0 saturated heterocycles. The predicted molar refractivity (Wildman–Crippen MR) is 94.5 cm³/mol. The summed E-state index contributed by atoms with van der Waals surface area (Å²) in [6.07, 6.45) is 1.90. The van der Waals surface area contributed by atoms with Gasteiger partial charge in [-0.2, -0.15) is 5.10 Å². The standard InChI is InChI=1S/C18H17N3S/c1-14(15-8-4-2-5-9-15)12-19-21-18-20-17(13-22-18)16-10-6-3-7-11-16/h2-14H,1H3,(H,20,21)/b19-12-/t14-/m1/s1. The van der Waals surface area contributed by atoms with Crippen LogP contribution in [0.1, 0.15) is 18.4 Å². The van der Waals surface area contributed by atoms with Crippen LogP contribution >= 0.6 is 11.3 Å². The average Bonchev–Trinajstić information content (AvgIpc) is 3.05. The molecule has 0 unspecified atom stereocenters. The van der Waals surface area contributed by atoms with E-state index in [-0.39, 0.29) is 5.92 Å². The second kappa shape index (κ2) is 7.00. The molecule has 4 heteroatoms. The van der Waals surface area contributed by atoms with Crippen molar-refractivity contribution < 1.29 is 0 Å². The first-order valence-electron chi connectivity index (χ1n) is 7.18. The van der Waals surface area contributed by atoms with Crippen LogP contribution in [0, 0.1) is 0 Å². The Bertz CT molecular complexity index is 735. The Morgan fingerprint density at radius 2 is 1.73 bits per heavy atom. The highest BCUT2D eigenvalue weighted by molar-refractivity contribution is 7.14. The number of anilines is 1. The molecule has 0 aliphatic heterocycles. The SMILES string of the molecule is C[C@H](/C=N\Nc1nc(-c2ccccc2)cs1)c1ccccc1. The van der Waals surface area contributed by atoms with Crippen molar-refractivity contribution in [2.75, 3.05) is 5.43 Å². The van der Waals surface area contributed by atoms with E-state index in [4.69, 9.17) is 0 Å². The molecule has 0 fully saturated rings. The summed E-state index contributed by atoms with van der Waals surface area (Å²) in [7, 11) is 0. The van der Waals surface area contributed by atoms with Gasteiger partial charge in [0.15, 0.2) is 0 Å². The van der Waals surface area contributed by atoms with E-state index in [2.05, 4.69) is 46.7 Å². The summed E-state index contributed by atoms with van der Waals surface area (Å²) in [4.78, 5) is 4.54. The van der Waals surface area contributed by atoms with E-state index in [1.165, 1.54) is 5.56 Å². The zero-order valence-electron chi connectivity index (χ0n) is 12.3. The molecular formula is C18H17N3S. The molecule has 0 saturated carbocycles. The van der Waals surface area contributed by atoms with Crippen molar-refractivity contribution in [1.29, 1.82) is 0 Å². The van der Waals surface area contributed by atoms with Crippen LogP contribution in [-0.4, -0.2) is 11.2 Å². The number of nitrogens with one attached hydrogen (secondary N) is 1. The van der Waals surface area contributed by atoms with Gasteiger partial charge < -0.3 is 0 Å². The Morgan fingerprint density at radius 3 is 2.45 bits per heavy atom. The Hall–Kier alpha value is -2.46. The summed E-state index contributed by atoms with van der Waals surface area (Å²) in [6.45, 7) is 2.12. The van der Waals surface area contributed by atoms with E-state index in [1.54, 1.807) is 11.3 Å². The fourth-order valence-corrected chi connectivity index (χ4v) is 2.78. The van der Waals surface area contributed by atoms with Gasteiger partial charge in [-0.25, -0.2) is 4.98 Å². The van der Waals surface area contributed by atoms with Crippen molar-refractivity contribution in [2.45, 2.75) is 12.8 Å². The minimum Gasteiger partial charge on any atom is -0.253 e. The third kappa shape index (κ3) is 3.59. The topological polar surface area (TPSA) is 37.3 Å². The van der Waals surface area contributed by atoms with Gasteiger partial charge in [-0.05, 0) is 5.56 Å². The summed E-state index contributed by atoms with van der Waals surface area (Å²) in [5.74, 6) is 0.266. The first-order valence-corrected chi connectivity index (χ1v) is 8.06. The van der Waals surface area contributed by atoms with Crippen molar-refractivity contribution in [3.8, 4) is 11.3 Å². The van der Waals surface area contributed by atoms with Crippen molar-refractivity contribution in [3.63, 3.8) is 0 Å². The van der Waals surface area contributed by atoms with E-state index in [0.717, 1.165) is 16.4 Å². The van der Waals surface area contributed by atoms with Gasteiger partial charge in [-0.3, -0.25) is 5.43 Å². The minimum absolute atomic E-state index is 0.266. The van der Waals surface area contributed by atoms with Crippen molar-refractivity contribution in [3.05, 3.63) is 71.6 Å². The molecule has 2 aromatic carbocycles. The molecule has 1 atom stereocenters. The van der Waals surface area contributed by atoms with Gasteiger partial charge in [0.05, 0.1) is 5.69 Å². The van der Waals surface area contributed by atoms with Gasteiger partial charge in [-0.15, -0.1) is 11.3 Å². The van der Waals surface area contributed by atoms with Crippen molar-refractivity contribution in [1.82, 2.24) is 4.98 Å². The lowest BCUT2D eigenvalue weighted by molar-refractivity contribution is 1.04. The molecule has 3 nitrogen and oxygen atoms in total. The summed E-state index contributed by atoms with van der Waals surface area (Å²) in [6, 6.07) is 20.5. The Kier molecular flexibility index (Phi) is 4.61. The number of hydrogen-bond donors (Lipinski definition) is 1. The maximum atomic E-state index is 4.54. The number of thiazole rings is 1. The third-order valence-corrected chi connectivity index (χ3v) is 4.10. The largest absolute Gasteiger partial charge is 0.253 e. The first-order chi connectivity index (χ1) is 10.8. The molecule has 1 N–H and O–H groups in total. The lowest BCUT2D eigenvalue weighted by Crippen LogP contribution is -1.97. The molecule has 0 bridgehead atoms. The first kappa shape index (κ1) is 14.5. The normalized spacial score (nSPS) is 12.4. The molecule has 3 rings (SSSR count). The van der Waals surface area contributed by atoms with Crippen LogP contribution in [0.3, 0.4) is 0 Å². The van der Waals surface area contributed by atoms with Crippen LogP contribution in [0.2, 0.25) is 0 Å². The third-order valence-electron chi connectivity index (χ3n) is 3.36. The number of aromatic nitrogens is 1. The Balaban J connectivity index is 1.63. The van der Waals surface area contributed by atoms with Gasteiger partial charge in [0.25, 0.3) is 0 Å². The molecule has 0 spiro atoms. The maximum absolute atomic E-state index is 4.54. The molecule has 0 aliphatic carbocycles. The molecule has 1 heterocycles. The van der Waals surface area contributed by atoms with Crippen LogP contribution in [-0.2, 0) is 0 Å². The van der Waals surface area contributed by atoms with E-state index < -0.39 is 0 Å². The minimum atomic E-state index is 0.266. The Labute approximate surface area is 134 Å². The van der Waals surface area contributed by atoms with Gasteiger partial charge in [-0.1, -0.05) is 67.6 Å². The molecule has 3 aromatic rings. The second-order valence-corrected chi connectivity index (χ2v) is 5.85.